The van der Waals surface area contributed by atoms with Crippen LogP contribution in [0.5, 0.6) is 23.0 Å². The van der Waals surface area contributed by atoms with Crippen molar-refractivity contribution in [3.63, 3.8) is 0 Å². The molecule has 308 valence electrons. The Bertz CT molecular complexity index is 3790. The van der Waals surface area contributed by atoms with Crippen LogP contribution in [-0.4, -0.2) is 0 Å². The summed E-state index contributed by atoms with van der Waals surface area (Å²) in [7, 11) is 0. The van der Waals surface area contributed by atoms with E-state index in [1.807, 2.05) is 11.3 Å². The molecular formula is C62H37NO2S. The first-order chi connectivity index (χ1) is 32.7. The Morgan fingerprint density at radius 2 is 0.773 bits per heavy atom. The quantitative estimate of drug-likeness (QED) is 0.177. The molecule has 2 spiro atoms. The molecule has 10 aromatic carbocycles. The van der Waals surface area contributed by atoms with E-state index in [0.29, 0.717) is 0 Å². The fourth-order valence-electron chi connectivity index (χ4n) is 12.3. The molecule has 66 heavy (non-hydrogen) atoms. The Hall–Kier alpha value is -8.18. The second-order valence-electron chi connectivity index (χ2n) is 17.8. The van der Waals surface area contributed by atoms with Gasteiger partial charge in [-0.05, 0) is 106 Å². The first-order valence-electron chi connectivity index (χ1n) is 22.7. The van der Waals surface area contributed by atoms with E-state index in [4.69, 9.17) is 9.47 Å². The fraction of sp³-hybridized carbons (Fsp3) is 0.0323. The summed E-state index contributed by atoms with van der Waals surface area (Å²) in [6.07, 6.45) is 0. The summed E-state index contributed by atoms with van der Waals surface area (Å²) in [5, 5.41) is 2.53. The summed E-state index contributed by atoms with van der Waals surface area (Å²) in [6.45, 7) is 0. The number of rotatable bonds is 3. The molecule has 0 N–H and O–H groups in total. The third-order valence-electron chi connectivity index (χ3n) is 14.8. The minimum atomic E-state index is -0.614. The average Bonchev–Trinajstić information content (AvgIpc) is 4.00. The number of hydrogen-bond acceptors (Lipinski definition) is 4. The van der Waals surface area contributed by atoms with Gasteiger partial charge >= 0.3 is 0 Å². The van der Waals surface area contributed by atoms with E-state index in [1.165, 1.54) is 64.7 Å². The second kappa shape index (κ2) is 13.2. The number of ether oxygens (including phenoxy) is 2. The van der Waals surface area contributed by atoms with Crippen molar-refractivity contribution >= 4 is 48.6 Å². The maximum absolute atomic E-state index is 6.75. The molecule has 2 aliphatic carbocycles. The third-order valence-corrected chi connectivity index (χ3v) is 15.9. The molecule has 1 aromatic heterocycles. The first kappa shape index (κ1) is 36.2. The van der Waals surface area contributed by atoms with Gasteiger partial charge in [0.25, 0.3) is 0 Å². The molecule has 0 bridgehead atoms. The molecule has 0 unspecified atom stereocenters. The molecule has 11 aromatic rings. The van der Waals surface area contributed by atoms with Gasteiger partial charge in [0.2, 0.25) is 0 Å². The Labute approximate surface area is 386 Å². The van der Waals surface area contributed by atoms with Gasteiger partial charge in [-0.15, -0.1) is 11.3 Å². The summed E-state index contributed by atoms with van der Waals surface area (Å²) in [4.78, 5) is 2.53. The average molecular weight is 860 g/mol. The molecule has 0 fully saturated rings. The van der Waals surface area contributed by atoms with Gasteiger partial charge in [0, 0.05) is 59.4 Å². The zero-order valence-corrected chi connectivity index (χ0v) is 36.4. The minimum absolute atomic E-state index is 0.605. The number of para-hydroxylation sites is 4. The van der Waals surface area contributed by atoms with Crippen LogP contribution in [0.2, 0.25) is 0 Å². The molecule has 4 heteroatoms. The molecule has 0 radical (unpaired) electrons. The van der Waals surface area contributed by atoms with Crippen LogP contribution in [0, 0.1) is 0 Å². The molecule has 15 rings (SSSR count). The lowest BCUT2D eigenvalue weighted by atomic mass is 9.66. The molecule has 3 heterocycles. The van der Waals surface area contributed by atoms with Crippen LogP contribution >= 0.6 is 11.3 Å². The molecule has 0 atom stereocenters. The minimum Gasteiger partial charge on any atom is -0.457 e. The number of anilines is 3. The van der Waals surface area contributed by atoms with Crippen LogP contribution < -0.4 is 14.4 Å². The van der Waals surface area contributed by atoms with Crippen LogP contribution in [0.1, 0.15) is 44.5 Å². The smallest absolute Gasteiger partial charge is 0.132 e. The lowest BCUT2D eigenvalue weighted by Gasteiger charge is -2.40. The number of hydrogen-bond donors (Lipinski definition) is 0. The molecule has 2 aliphatic heterocycles. The number of thiophene rings is 1. The van der Waals surface area contributed by atoms with Gasteiger partial charge in [-0.3, -0.25) is 0 Å². The Kier molecular flexibility index (Phi) is 7.24. The lowest BCUT2D eigenvalue weighted by molar-refractivity contribution is 0.436. The molecule has 0 saturated heterocycles. The lowest BCUT2D eigenvalue weighted by Crippen LogP contribution is -2.32. The van der Waals surface area contributed by atoms with E-state index in [0.717, 1.165) is 62.3 Å². The predicted octanol–water partition coefficient (Wildman–Crippen LogP) is 16.5. The van der Waals surface area contributed by atoms with Crippen LogP contribution in [-0.2, 0) is 10.8 Å². The highest BCUT2D eigenvalue weighted by atomic mass is 32.1. The summed E-state index contributed by atoms with van der Waals surface area (Å²) in [5.74, 6) is 3.54. The van der Waals surface area contributed by atoms with Crippen molar-refractivity contribution in [1.29, 1.82) is 0 Å². The number of nitrogens with zero attached hydrogens (tertiary/aromatic N) is 1. The van der Waals surface area contributed by atoms with Gasteiger partial charge in [-0.25, -0.2) is 0 Å². The monoisotopic (exact) mass is 859 g/mol. The zero-order chi connectivity index (χ0) is 43.1. The number of benzene rings is 10. The van der Waals surface area contributed by atoms with Crippen molar-refractivity contribution in [2.75, 3.05) is 4.90 Å². The summed E-state index contributed by atoms with van der Waals surface area (Å²) in [5.41, 5.74) is 16.6. The molecule has 4 aliphatic rings. The first-order valence-corrected chi connectivity index (χ1v) is 23.5. The topological polar surface area (TPSA) is 21.7 Å². The van der Waals surface area contributed by atoms with Crippen LogP contribution in [0.3, 0.4) is 0 Å². The van der Waals surface area contributed by atoms with E-state index < -0.39 is 10.8 Å². The number of fused-ring (bicyclic) bond motifs is 21. The maximum Gasteiger partial charge on any atom is 0.132 e. The highest BCUT2D eigenvalue weighted by Gasteiger charge is 2.53. The fourth-order valence-corrected chi connectivity index (χ4v) is 13.4. The Balaban J connectivity index is 1.05. The van der Waals surface area contributed by atoms with Gasteiger partial charge in [0.15, 0.2) is 0 Å². The second-order valence-corrected chi connectivity index (χ2v) is 18.9. The van der Waals surface area contributed by atoms with Gasteiger partial charge in [-0.2, -0.15) is 0 Å². The van der Waals surface area contributed by atoms with Gasteiger partial charge in [0.1, 0.15) is 23.0 Å². The molecule has 0 saturated carbocycles. The predicted molar refractivity (Wildman–Crippen MR) is 269 cm³/mol. The highest BCUT2D eigenvalue weighted by Crippen LogP contribution is 2.66. The van der Waals surface area contributed by atoms with Crippen LogP contribution in [0.4, 0.5) is 17.1 Å². The third kappa shape index (κ3) is 4.51. The SMILES string of the molecule is c1ccc2c(c1)Oc1ccccc1C21c2ccccc2-c2ccc(N(c3ccc4sc5ccccc5c4c3)c3cccc4c3-c3ccccc3C43c4ccccc4Oc4ccccc43)cc21. The van der Waals surface area contributed by atoms with E-state index in [2.05, 4.69) is 229 Å². The van der Waals surface area contributed by atoms with E-state index in [-0.39, 0.29) is 0 Å². The van der Waals surface area contributed by atoms with E-state index in [1.54, 1.807) is 0 Å². The Morgan fingerprint density at radius 3 is 1.42 bits per heavy atom. The maximum atomic E-state index is 6.75. The molecule has 3 nitrogen and oxygen atoms in total. The summed E-state index contributed by atoms with van der Waals surface area (Å²) < 4.78 is 16.0. The van der Waals surface area contributed by atoms with Crippen LogP contribution in [0.25, 0.3) is 42.4 Å². The highest BCUT2D eigenvalue weighted by molar-refractivity contribution is 7.25. The standard InChI is InChI=1S/C62H37NO2S/c1-4-19-45-40(16-1)41-34-32-39(37-52(41)62(45)49-23-8-12-29-56(49)65-57-30-13-9-24-50(57)62)63(38-33-35-59-44(36-38)42-17-3-14-31-58(42)66-59)53-26-15-25-51-60(53)43-18-2-5-20-46(43)61(51)47-21-6-10-27-54(47)64-55-28-11-7-22-48(55)61/h1-37H. The Morgan fingerprint density at radius 1 is 0.318 bits per heavy atom. The summed E-state index contributed by atoms with van der Waals surface area (Å²) in [6, 6.07) is 82.5. The van der Waals surface area contributed by atoms with E-state index >= 15 is 0 Å². The van der Waals surface area contributed by atoms with Crippen molar-refractivity contribution in [3.8, 4) is 45.3 Å². The van der Waals surface area contributed by atoms with Crippen molar-refractivity contribution < 1.29 is 9.47 Å². The molecular weight excluding hydrogens is 823 g/mol. The van der Waals surface area contributed by atoms with Crippen molar-refractivity contribution in [2.45, 2.75) is 10.8 Å². The van der Waals surface area contributed by atoms with Crippen molar-refractivity contribution in [2.24, 2.45) is 0 Å². The largest absolute Gasteiger partial charge is 0.457 e. The van der Waals surface area contributed by atoms with Gasteiger partial charge in [0.05, 0.1) is 16.5 Å². The molecule has 0 amide bonds. The van der Waals surface area contributed by atoms with Gasteiger partial charge < -0.3 is 14.4 Å². The zero-order valence-electron chi connectivity index (χ0n) is 35.5. The van der Waals surface area contributed by atoms with Crippen LogP contribution in [0.15, 0.2) is 224 Å². The van der Waals surface area contributed by atoms with Crippen molar-refractivity contribution in [1.82, 2.24) is 0 Å². The van der Waals surface area contributed by atoms with E-state index in [9.17, 15) is 0 Å². The van der Waals surface area contributed by atoms with Crippen molar-refractivity contribution in [3.05, 3.63) is 269 Å². The summed E-state index contributed by atoms with van der Waals surface area (Å²) >= 11 is 1.85. The van der Waals surface area contributed by atoms with Gasteiger partial charge in [-0.1, -0.05) is 158 Å². The normalized spacial score (nSPS) is 14.5.